The minimum absolute atomic E-state index is 0.0750. The molecule has 0 atom stereocenters. The number of hydrogen-bond donors (Lipinski definition) is 2. The largest absolute Gasteiger partial charge is 0.478 e. The van der Waals surface area contributed by atoms with E-state index in [0.29, 0.717) is 5.16 Å². The van der Waals surface area contributed by atoms with E-state index < -0.39 is 5.97 Å². The van der Waals surface area contributed by atoms with Crippen LogP contribution in [0.25, 0.3) is 0 Å². The predicted molar refractivity (Wildman–Crippen MR) is 89.0 cm³/mol. The molecule has 0 aliphatic heterocycles. The molecule has 0 spiro atoms. The van der Waals surface area contributed by atoms with Crippen LogP contribution in [0, 0.1) is 20.8 Å². The number of rotatable bonds is 5. The first-order chi connectivity index (χ1) is 10.8. The number of nitrogens with zero attached hydrogens (tertiary/aromatic N) is 2. The maximum atomic E-state index is 12.0. The van der Waals surface area contributed by atoms with Gasteiger partial charge in [-0.3, -0.25) is 4.79 Å². The molecule has 23 heavy (non-hydrogen) atoms. The van der Waals surface area contributed by atoms with Crippen LogP contribution >= 0.6 is 11.8 Å². The fraction of sp³-hybridized carbons (Fsp3) is 0.250. The molecule has 0 aliphatic rings. The molecular weight excluding hydrogens is 314 g/mol. The maximum absolute atomic E-state index is 12.0. The SMILES string of the molecule is Cc1ccc(NC(=O)CSc2nc(C)cc(C)n2)c(C(=O)O)c1. The van der Waals surface area contributed by atoms with Crippen molar-refractivity contribution in [2.45, 2.75) is 25.9 Å². The van der Waals surface area contributed by atoms with Crippen molar-refractivity contribution < 1.29 is 14.7 Å². The van der Waals surface area contributed by atoms with E-state index in [2.05, 4.69) is 15.3 Å². The number of carboxylic acids is 1. The zero-order valence-corrected chi connectivity index (χ0v) is 13.9. The second-order valence-electron chi connectivity index (χ2n) is 5.12. The van der Waals surface area contributed by atoms with Crippen LogP contribution in [-0.4, -0.2) is 32.7 Å². The van der Waals surface area contributed by atoms with Crippen molar-refractivity contribution >= 4 is 29.3 Å². The second-order valence-corrected chi connectivity index (χ2v) is 6.07. The highest BCUT2D eigenvalue weighted by Crippen LogP contribution is 2.19. The van der Waals surface area contributed by atoms with E-state index in [-0.39, 0.29) is 22.9 Å². The molecule has 7 heteroatoms. The smallest absolute Gasteiger partial charge is 0.337 e. The summed E-state index contributed by atoms with van der Waals surface area (Å²) in [6.07, 6.45) is 0. The monoisotopic (exact) mass is 331 g/mol. The predicted octanol–water partition coefficient (Wildman–Crippen LogP) is 2.83. The van der Waals surface area contributed by atoms with Gasteiger partial charge in [-0.2, -0.15) is 0 Å². The molecular formula is C16H17N3O3S. The number of carbonyl (C=O) groups is 2. The Morgan fingerprint density at radius 2 is 1.78 bits per heavy atom. The van der Waals surface area contributed by atoms with Gasteiger partial charge in [0.2, 0.25) is 5.91 Å². The van der Waals surface area contributed by atoms with Gasteiger partial charge in [0.05, 0.1) is 17.0 Å². The Labute approximate surface area is 138 Å². The number of hydrogen-bond acceptors (Lipinski definition) is 5. The Hall–Kier alpha value is -2.41. The Balaban J connectivity index is 2.04. The summed E-state index contributed by atoms with van der Waals surface area (Å²) in [7, 11) is 0. The Morgan fingerprint density at radius 3 is 2.39 bits per heavy atom. The van der Waals surface area contributed by atoms with Crippen LogP contribution in [0.1, 0.15) is 27.3 Å². The molecule has 1 heterocycles. The first kappa shape index (κ1) is 17.0. The van der Waals surface area contributed by atoms with Gasteiger partial charge in [0.25, 0.3) is 0 Å². The third kappa shape index (κ3) is 4.79. The van der Waals surface area contributed by atoms with E-state index in [1.807, 2.05) is 19.9 Å². The third-order valence-corrected chi connectivity index (χ3v) is 3.82. The van der Waals surface area contributed by atoms with Gasteiger partial charge >= 0.3 is 5.97 Å². The maximum Gasteiger partial charge on any atom is 0.337 e. The fourth-order valence-corrected chi connectivity index (χ4v) is 2.77. The highest BCUT2D eigenvalue weighted by Gasteiger charge is 2.13. The molecule has 0 saturated heterocycles. The Morgan fingerprint density at radius 1 is 1.13 bits per heavy atom. The van der Waals surface area contributed by atoms with Gasteiger partial charge in [0.15, 0.2) is 5.16 Å². The normalized spacial score (nSPS) is 10.4. The number of aromatic carboxylic acids is 1. The van der Waals surface area contributed by atoms with Crippen LogP contribution < -0.4 is 5.32 Å². The average molecular weight is 331 g/mol. The minimum Gasteiger partial charge on any atom is -0.478 e. The summed E-state index contributed by atoms with van der Waals surface area (Å²) >= 11 is 1.21. The lowest BCUT2D eigenvalue weighted by Crippen LogP contribution is -2.17. The highest BCUT2D eigenvalue weighted by molar-refractivity contribution is 7.99. The molecule has 0 radical (unpaired) electrons. The van der Waals surface area contributed by atoms with Gasteiger partial charge in [-0.15, -0.1) is 0 Å². The van der Waals surface area contributed by atoms with E-state index in [1.54, 1.807) is 19.1 Å². The average Bonchev–Trinajstić information content (AvgIpc) is 2.46. The van der Waals surface area contributed by atoms with Crippen LogP contribution in [0.5, 0.6) is 0 Å². The molecule has 1 aromatic carbocycles. The molecule has 0 fully saturated rings. The molecule has 0 saturated carbocycles. The number of nitrogens with one attached hydrogen (secondary N) is 1. The first-order valence-corrected chi connectivity index (χ1v) is 7.92. The van der Waals surface area contributed by atoms with Crippen LogP contribution in [0.2, 0.25) is 0 Å². The number of carbonyl (C=O) groups excluding carboxylic acids is 1. The van der Waals surface area contributed by atoms with Gasteiger partial charge in [-0.1, -0.05) is 23.4 Å². The molecule has 2 rings (SSSR count). The molecule has 0 unspecified atom stereocenters. The van der Waals surface area contributed by atoms with E-state index in [4.69, 9.17) is 0 Å². The van der Waals surface area contributed by atoms with Crippen molar-refractivity contribution in [3.63, 3.8) is 0 Å². The van der Waals surface area contributed by atoms with Gasteiger partial charge < -0.3 is 10.4 Å². The molecule has 120 valence electrons. The molecule has 0 bridgehead atoms. The van der Waals surface area contributed by atoms with Crippen molar-refractivity contribution in [3.8, 4) is 0 Å². The van der Waals surface area contributed by atoms with Crippen molar-refractivity contribution in [2.24, 2.45) is 0 Å². The summed E-state index contributed by atoms with van der Waals surface area (Å²) < 4.78 is 0. The molecule has 1 aromatic heterocycles. The summed E-state index contributed by atoms with van der Waals surface area (Å²) in [5.41, 5.74) is 2.86. The lowest BCUT2D eigenvalue weighted by molar-refractivity contribution is -0.113. The van der Waals surface area contributed by atoms with Crippen molar-refractivity contribution in [1.82, 2.24) is 9.97 Å². The van der Waals surface area contributed by atoms with Crippen LogP contribution in [0.15, 0.2) is 29.4 Å². The van der Waals surface area contributed by atoms with Gasteiger partial charge in [0, 0.05) is 11.4 Å². The lowest BCUT2D eigenvalue weighted by atomic mass is 10.1. The number of anilines is 1. The highest BCUT2D eigenvalue weighted by atomic mass is 32.2. The summed E-state index contributed by atoms with van der Waals surface area (Å²) in [5, 5.41) is 12.3. The molecule has 2 aromatic rings. The van der Waals surface area contributed by atoms with E-state index in [0.717, 1.165) is 17.0 Å². The standard InChI is InChI=1S/C16H17N3O3S/c1-9-4-5-13(12(6-9)15(21)22)19-14(20)8-23-16-17-10(2)7-11(3)18-16/h4-7H,8H2,1-3H3,(H,19,20)(H,21,22). The lowest BCUT2D eigenvalue weighted by Gasteiger charge is -2.09. The summed E-state index contributed by atoms with van der Waals surface area (Å²) in [5.74, 6) is -1.27. The molecule has 2 N–H and O–H groups in total. The molecule has 1 amide bonds. The van der Waals surface area contributed by atoms with Crippen molar-refractivity contribution in [3.05, 3.63) is 46.8 Å². The van der Waals surface area contributed by atoms with Gasteiger partial charge in [0.1, 0.15) is 0 Å². The van der Waals surface area contributed by atoms with Crippen LogP contribution in [-0.2, 0) is 4.79 Å². The number of aromatic nitrogens is 2. The summed E-state index contributed by atoms with van der Waals surface area (Å²) in [6, 6.07) is 6.73. The fourth-order valence-electron chi connectivity index (χ4n) is 2.02. The van der Waals surface area contributed by atoms with Gasteiger partial charge in [-0.05, 0) is 39.0 Å². The second kappa shape index (κ2) is 7.23. The number of carboxylic acid groups (broad SMARTS) is 1. The summed E-state index contributed by atoms with van der Waals surface area (Å²) in [6.45, 7) is 5.53. The number of amides is 1. The van der Waals surface area contributed by atoms with Crippen LogP contribution in [0.3, 0.4) is 0 Å². The van der Waals surface area contributed by atoms with Crippen LogP contribution in [0.4, 0.5) is 5.69 Å². The molecule has 0 aliphatic carbocycles. The topological polar surface area (TPSA) is 92.2 Å². The van der Waals surface area contributed by atoms with E-state index in [1.165, 1.54) is 17.8 Å². The van der Waals surface area contributed by atoms with Crippen molar-refractivity contribution in [1.29, 1.82) is 0 Å². The van der Waals surface area contributed by atoms with Gasteiger partial charge in [-0.25, -0.2) is 14.8 Å². The Kier molecular flexibility index (Phi) is 5.33. The number of thioether (sulfide) groups is 1. The number of aryl methyl sites for hydroxylation is 3. The first-order valence-electron chi connectivity index (χ1n) is 6.94. The summed E-state index contributed by atoms with van der Waals surface area (Å²) in [4.78, 5) is 31.8. The molecule has 6 nitrogen and oxygen atoms in total. The van der Waals surface area contributed by atoms with E-state index in [9.17, 15) is 14.7 Å². The zero-order valence-electron chi connectivity index (χ0n) is 13.1. The number of benzene rings is 1. The van der Waals surface area contributed by atoms with E-state index >= 15 is 0 Å². The quantitative estimate of drug-likeness (QED) is 0.646. The third-order valence-electron chi connectivity index (χ3n) is 2.97. The minimum atomic E-state index is -1.07. The van der Waals surface area contributed by atoms with Crippen molar-refractivity contribution in [2.75, 3.05) is 11.1 Å². The Bertz CT molecular complexity index is 742. The zero-order chi connectivity index (χ0) is 17.0.